The third-order valence-corrected chi connectivity index (χ3v) is 9.77. The van der Waals surface area contributed by atoms with Gasteiger partial charge in [-0.25, -0.2) is 0 Å². The van der Waals surface area contributed by atoms with Crippen LogP contribution in [0.5, 0.6) is 40.2 Å². The number of furan rings is 1. The van der Waals surface area contributed by atoms with Crippen LogP contribution in [-0.4, -0.2) is 25.5 Å². The number of rotatable bonds is 4. The Hall–Kier alpha value is -5.50. The van der Waals surface area contributed by atoms with Gasteiger partial charge < -0.3 is 39.4 Å². The van der Waals surface area contributed by atoms with Crippen LogP contribution in [0.3, 0.4) is 0 Å². The standard InChI is InChI=1S/C39H34O8/c1-19(2)4-8-26-30(42)11-10-29(38(26)44)39-37-27(25-9-7-24(41)18-34(25)46-39)12-20(3)13-28(37)36-31(43)14-22(16-35(36)47-39)32-15-21-5-6-23(40)17-33(21)45-32/h4-7,9-11,13-18,27-28,37,40-44H,8,12H2,1-3H3/t27-,28-,37-,39-/m0/s1. The predicted octanol–water partition coefficient (Wildman–Crippen LogP) is 8.61. The summed E-state index contributed by atoms with van der Waals surface area (Å²) in [6, 6.07) is 18.4. The van der Waals surface area contributed by atoms with Crippen LogP contribution in [0.1, 0.15) is 61.3 Å². The first-order chi connectivity index (χ1) is 22.5. The molecule has 0 saturated heterocycles. The van der Waals surface area contributed by atoms with E-state index in [9.17, 15) is 25.5 Å². The fourth-order valence-corrected chi connectivity index (χ4v) is 7.71. The van der Waals surface area contributed by atoms with Crippen LogP contribution in [0.25, 0.3) is 22.3 Å². The van der Waals surface area contributed by atoms with Crippen LogP contribution in [0.2, 0.25) is 0 Å². The molecule has 0 unspecified atom stereocenters. The Morgan fingerprint density at radius 3 is 2.43 bits per heavy atom. The molecule has 3 heterocycles. The van der Waals surface area contributed by atoms with Crippen molar-refractivity contribution < 1.29 is 39.4 Å². The van der Waals surface area contributed by atoms with Gasteiger partial charge in [-0.2, -0.15) is 0 Å². The number of benzene rings is 4. The lowest BCUT2D eigenvalue weighted by Crippen LogP contribution is -2.56. The van der Waals surface area contributed by atoms with Crippen molar-refractivity contribution in [1.82, 2.24) is 0 Å². The summed E-state index contributed by atoms with van der Waals surface area (Å²) < 4.78 is 19.9. The molecule has 1 aromatic heterocycles. The Labute approximate surface area is 271 Å². The molecule has 2 aliphatic heterocycles. The Morgan fingerprint density at radius 1 is 0.851 bits per heavy atom. The lowest BCUT2D eigenvalue weighted by molar-refractivity contribution is -0.198. The van der Waals surface area contributed by atoms with Gasteiger partial charge in [-0.05, 0) is 87.7 Å². The molecule has 4 aromatic carbocycles. The van der Waals surface area contributed by atoms with Gasteiger partial charge >= 0.3 is 0 Å². The molecule has 8 nitrogen and oxygen atoms in total. The molecule has 238 valence electrons. The zero-order valence-corrected chi connectivity index (χ0v) is 26.1. The summed E-state index contributed by atoms with van der Waals surface area (Å²) in [7, 11) is 0. The van der Waals surface area contributed by atoms with Crippen molar-refractivity contribution in [3.63, 3.8) is 0 Å². The minimum Gasteiger partial charge on any atom is -0.508 e. The van der Waals surface area contributed by atoms with Crippen LogP contribution in [0.15, 0.2) is 94.4 Å². The van der Waals surface area contributed by atoms with Gasteiger partial charge in [-0.1, -0.05) is 29.4 Å². The first-order valence-corrected chi connectivity index (χ1v) is 15.7. The first-order valence-electron chi connectivity index (χ1n) is 15.7. The Balaban J connectivity index is 1.38. The van der Waals surface area contributed by atoms with Crippen molar-refractivity contribution in [2.45, 2.75) is 51.2 Å². The van der Waals surface area contributed by atoms with Crippen molar-refractivity contribution in [3.05, 3.63) is 112 Å². The van der Waals surface area contributed by atoms with E-state index in [4.69, 9.17) is 13.9 Å². The van der Waals surface area contributed by atoms with Crippen molar-refractivity contribution >= 4 is 11.0 Å². The van der Waals surface area contributed by atoms with E-state index in [1.807, 2.05) is 32.1 Å². The second-order valence-electron chi connectivity index (χ2n) is 13.2. The Bertz CT molecular complexity index is 2170. The number of phenols is 5. The summed E-state index contributed by atoms with van der Waals surface area (Å²) in [5.74, 6) is -1.39. The van der Waals surface area contributed by atoms with Crippen molar-refractivity contribution in [1.29, 1.82) is 0 Å². The summed E-state index contributed by atoms with van der Waals surface area (Å²) >= 11 is 0. The van der Waals surface area contributed by atoms with Crippen LogP contribution < -0.4 is 9.47 Å². The number of allylic oxidation sites excluding steroid dienone is 4. The lowest BCUT2D eigenvalue weighted by atomic mass is 9.61. The number of ether oxygens (including phenoxy) is 2. The molecule has 5 aromatic rings. The van der Waals surface area contributed by atoms with Crippen LogP contribution in [-0.2, 0) is 12.2 Å². The van der Waals surface area contributed by atoms with Gasteiger partial charge in [0.05, 0.1) is 11.5 Å². The molecule has 0 radical (unpaired) electrons. The third-order valence-electron chi connectivity index (χ3n) is 9.77. The number of fused-ring (bicyclic) bond motifs is 5. The van der Waals surface area contributed by atoms with Crippen LogP contribution in [0, 0.1) is 5.92 Å². The number of hydrogen-bond donors (Lipinski definition) is 5. The SMILES string of the molecule is CC(C)=CCc1c(O)ccc([C@]23Oc4cc(O)ccc4[C@@H]4CC(C)=C[C@@H](c5c(O)cc(-c6cc7ccc(O)cc7o6)cc5O2)[C@H]43)c1O. The van der Waals surface area contributed by atoms with E-state index in [1.165, 1.54) is 6.07 Å². The molecule has 0 saturated carbocycles. The van der Waals surface area contributed by atoms with Crippen molar-refractivity contribution in [2.75, 3.05) is 0 Å². The molecular weight excluding hydrogens is 596 g/mol. The Morgan fingerprint density at radius 2 is 1.62 bits per heavy atom. The quantitative estimate of drug-likeness (QED) is 0.125. The van der Waals surface area contributed by atoms with E-state index in [0.29, 0.717) is 57.9 Å². The minimum absolute atomic E-state index is 0.0276. The van der Waals surface area contributed by atoms with E-state index >= 15 is 0 Å². The fraction of sp³-hybridized carbons (Fsp3) is 0.231. The topological polar surface area (TPSA) is 133 Å². The minimum atomic E-state index is -1.61. The van der Waals surface area contributed by atoms with E-state index in [1.54, 1.807) is 48.5 Å². The van der Waals surface area contributed by atoms with Crippen LogP contribution >= 0.6 is 0 Å². The highest BCUT2D eigenvalue weighted by Gasteiger charge is 2.62. The lowest BCUT2D eigenvalue weighted by Gasteiger charge is -2.55. The number of phenolic OH excluding ortho intramolecular Hbond substituents is 5. The van der Waals surface area contributed by atoms with Gasteiger partial charge in [0, 0.05) is 46.0 Å². The van der Waals surface area contributed by atoms with Gasteiger partial charge in [0.15, 0.2) is 0 Å². The molecule has 4 atom stereocenters. The van der Waals surface area contributed by atoms with E-state index in [-0.39, 0.29) is 40.6 Å². The largest absolute Gasteiger partial charge is 0.508 e. The summed E-state index contributed by atoms with van der Waals surface area (Å²) in [6.07, 6.45) is 5.03. The average molecular weight is 631 g/mol. The van der Waals surface area contributed by atoms with Crippen molar-refractivity contribution in [2.24, 2.45) is 5.92 Å². The molecule has 0 amide bonds. The van der Waals surface area contributed by atoms with Gasteiger partial charge in [0.1, 0.15) is 51.6 Å². The highest BCUT2D eigenvalue weighted by molar-refractivity contribution is 5.84. The third kappa shape index (κ3) is 4.42. The van der Waals surface area contributed by atoms with Gasteiger partial charge in [0.2, 0.25) is 0 Å². The zero-order chi connectivity index (χ0) is 32.8. The maximum Gasteiger partial charge on any atom is 0.285 e. The van der Waals surface area contributed by atoms with Gasteiger partial charge in [-0.15, -0.1) is 0 Å². The summed E-state index contributed by atoms with van der Waals surface area (Å²) in [4.78, 5) is 0. The maximum atomic E-state index is 11.9. The zero-order valence-electron chi connectivity index (χ0n) is 26.1. The Kier molecular flexibility index (Phi) is 6.31. The highest BCUT2D eigenvalue weighted by Crippen LogP contribution is 2.65. The second kappa shape index (κ2) is 10.3. The molecule has 1 aliphatic carbocycles. The van der Waals surface area contributed by atoms with Crippen LogP contribution in [0.4, 0.5) is 0 Å². The molecule has 8 heteroatoms. The maximum absolute atomic E-state index is 11.9. The normalized spacial score (nSPS) is 22.3. The molecule has 8 rings (SSSR count). The average Bonchev–Trinajstić information content (AvgIpc) is 3.43. The molecule has 0 bridgehead atoms. The molecule has 3 aliphatic rings. The highest BCUT2D eigenvalue weighted by atomic mass is 16.7. The smallest absolute Gasteiger partial charge is 0.285 e. The van der Waals surface area contributed by atoms with Gasteiger partial charge in [-0.3, -0.25) is 0 Å². The van der Waals surface area contributed by atoms with E-state index < -0.39 is 11.7 Å². The number of aromatic hydroxyl groups is 5. The summed E-state index contributed by atoms with van der Waals surface area (Å²) in [5.41, 5.74) is 5.38. The van der Waals surface area contributed by atoms with E-state index in [2.05, 4.69) is 13.0 Å². The monoisotopic (exact) mass is 630 g/mol. The van der Waals surface area contributed by atoms with Crippen molar-refractivity contribution in [3.8, 4) is 51.6 Å². The molecule has 47 heavy (non-hydrogen) atoms. The molecular formula is C39H34O8. The predicted molar refractivity (Wildman–Crippen MR) is 176 cm³/mol. The fourth-order valence-electron chi connectivity index (χ4n) is 7.71. The summed E-state index contributed by atoms with van der Waals surface area (Å²) in [6.45, 7) is 5.96. The molecule has 0 fully saturated rings. The summed E-state index contributed by atoms with van der Waals surface area (Å²) in [5, 5.41) is 55.8. The molecule has 0 spiro atoms. The second-order valence-corrected chi connectivity index (χ2v) is 13.2. The first kappa shape index (κ1) is 28.9. The number of hydrogen-bond acceptors (Lipinski definition) is 8. The molecule has 5 N–H and O–H groups in total. The van der Waals surface area contributed by atoms with E-state index in [0.717, 1.165) is 22.1 Å². The van der Waals surface area contributed by atoms with Gasteiger partial charge in [0.25, 0.3) is 5.79 Å².